The van der Waals surface area contributed by atoms with Crippen LogP contribution in [0, 0.1) is 0 Å². The van der Waals surface area contributed by atoms with Gasteiger partial charge in [-0.3, -0.25) is 0 Å². The third-order valence-corrected chi connectivity index (χ3v) is 9.46. The Hall–Kier alpha value is -3.55. The van der Waals surface area contributed by atoms with Crippen LogP contribution in [0.15, 0.2) is 83.8 Å². The Morgan fingerprint density at radius 3 is 2.25 bits per heavy atom. The number of methoxy groups -OCH3 is 1. The van der Waals surface area contributed by atoms with Gasteiger partial charge in [-0.25, -0.2) is 8.42 Å². The fraction of sp³-hybridized carbons (Fsp3) is 0.333. The van der Waals surface area contributed by atoms with Crippen LogP contribution in [0.1, 0.15) is 39.0 Å². The fourth-order valence-corrected chi connectivity index (χ4v) is 6.38. The van der Waals surface area contributed by atoms with E-state index in [2.05, 4.69) is 12.2 Å². The molecule has 4 aromatic rings. The largest absolute Gasteiger partial charge is 0.497 e. The van der Waals surface area contributed by atoms with Crippen LogP contribution >= 0.6 is 0 Å². The van der Waals surface area contributed by atoms with E-state index in [4.69, 9.17) is 14.2 Å². The molecule has 0 aromatic heterocycles. The molecule has 1 aliphatic rings. The highest BCUT2D eigenvalue weighted by Gasteiger charge is 2.36. The number of unbranched alkanes of at least 4 members (excludes halogenated alkanes) is 2. The van der Waals surface area contributed by atoms with Crippen molar-refractivity contribution in [2.24, 2.45) is 0 Å². The standard InChI is InChI=1S/C33H37NO5S/c1-3-4-5-20-34-21-22-38-26-9-11-27(12-10-26)39-33-31(18-8-25-23-28(37-2)13-19-32(25)33)24-6-14-29(15-7-24)40(35,36)30-16-17-30/h6-15,18-19,23,30,34H,3-5,16-17,20-22H2,1-2H3. The van der Waals surface area contributed by atoms with Crippen LogP contribution in [0.4, 0.5) is 0 Å². The Morgan fingerprint density at radius 1 is 0.825 bits per heavy atom. The second kappa shape index (κ2) is 12.7. The summed E-state index contributed by atoms with van der Waals surface area (Å²) in [6.07, 6.45) is 5.15. The minimum absolute atomic E-state index is 0.234. The Balaban J connectivity index is 1.37. The van der Waals surface area contributed by atoms with Gasteiger partial charge in [0.2, 0.25) is 0 Å². The molecule has 210 valence electrons. The van der Waals surface area contributed by atoms with Crippen LogP contribution in [0.3, 0.4) is 0 Å². The molecule has 0 radical (unpaired) electrons. The molecule has 6 nitrogen and oxygen atoms in total. The molecule has 1 aliphatic carbocycles. The first kappa shape index (κ1) is 28.0. The van der Waals surface area contributed by atoms with Crippen LogP contribution in [0.25, 0.3) is 21.9 Å². The van der Waals surface area contributed by atoms with Crippen molar-refractivity contribution in [3.8, 4) is 34.1 Å². The zero-order valence-electron chi connectivity index (χ0n) is 23.2. The maximum absolute atomic E-state index is 12.7. The van der Waals surface area contributed by atoms with Gasteiger partial charge < -0.3 is 19.5 Å². The molecule has 0 atom stereocenters. The lowest BCUT2D eigenvalue weighted by Crippen LogP contribution is -2.22. The highest BCUT2D eigenvalue weighted by atomic mass is 32.2. The smallest absolute Gasteiger partial charge is 0.181 e. The van der Waals surface area contributed by atoms with Crippen molar-refractivity contribution in [3.63, 3.8) is 0 Å². The number of fused-ring (bicyclic) bond motifs is 1. The quantitative estimate of drug-likeness (QED) is 0.162. The summed E-state index contributed by atoms with van der Waals surface area (Å²) in [7, 11) is -1.60. The van der Waals surface area contributed by atoms with Crippen LogP contribution < -0.4 is 19.5 Å². The Kier molecular flexibility index (Phi) is 8.92. The average molecular weight is 560 g/mol. The van der Waals surface area contributed by atoms with Gasteiger partial charge in [0, 0.05) is 17.5 Å². The zero-order valence-corrected chi connectivity index (χ0v) is 24.0. The van der Waals surface area contributed by atoms with Crippen molar-refractivity contribution < 1.29 is 22.6 Å². The lowest BCUT2D eigenvalue weighted by molar-refractivity contribution is 0.313. The lowest BCUT2D eigenvalue weighted by Gasteiger charge is -2.16. The first-order valence-electron chi connectivity index (χ1n) is 14.1. The highest BCUT2D eigenvalue weighted by molar-refractivity contribution is 7.92. The van der Waals surface area contributed by atoms with Gasteiger partial charge in [-0.1, -0.05) is 38.0 Å². The fourth-order valence-electron chi connectivity index (χ4n) is 4.73. The summed E-state index contributed by atoms with van der Waals surface area (Å²) in [5, 5.41) is 5.09. The van der Waals surface area contributed by atoms with Crippen molar-refractivity contribution in [1.82, 2.24) is 5.32 Å². The first-order valence-corrected chi connectivity index (χ1v) is 15.6. The molecule has 7 heteroatoms. The van der Waals surface area contributed by atoms with E-state index in [0.29, 0.717) is 23.0 Å². The Labute approximate surface area is 237 Å². The van der Waals surface area contributed by atoms with Crippen molar-refractivity contribution >= 4 is 20.6 Å². The number of rotatable bonds is 14. The predicted molar refractivity (Wildman–Crippen MR) is 161 cm³/mol. The molecule has 0 spiro atoms. The van der Waals surface area contributed by atoms with Gasteiger partial charge >= 0.3 is 0 Å². The highest BCUT2D eigenvalue weighted by Crippen LogP contribution is 2.41. The van der Waals surface area contributed by atoms with Gasteiger partial charge in [0.25, 0.3) is 0 Å². The lowest BCUT2D eigenvalue weighted by atomic mass is 9.99. The third-order valence-electron chi connectivity index (χ3n) is 7.18. The van der Waals surface area contributed by atoms with Crippen LogP contribution in [-0.2, 0) is 9.84 Å². The second-order valence-corrected chi connectivity index (χ2v) is 12.4. The summed E-state index contributed by atoms with van der Waals surface area (Å²) in [6.45, 7) is 4.64. The van der Waals surface area contributed by atoms with Crippen LogP contribution in [0.5, 0.6) is 23.0 Å². The van der Waals surface area contributed by atoms with Gasteiger partial charge in [-0.15, -0.1) is 0 Å². The monoisotopic (exact) mass is 559 g/mol. The molecule has 4 aromatic carbocycles. The number of sulfone groups is 1. The van der Waals surface area contributed by atoms with E-state index in [1.54, 1.807) is 19.2 Å². The first-order chi connectivity index (χ1) is 19.5. The second-order valence-electron chi connectivity index (χ2n) is 10.2. The molecule has 0 bridgehead atoms. The number of nitrogens with one attached hydrogen (secondary N) is 1. The third kappa shape index (κ3) is 6.60. The molecule has 0 saturated heterocycles. The van der Waals surface area contributed by atoms with E-state index in [-0.39, 0.29) is 5.25 Å². The van der Waals surface area contributed by atoms with E-state index in [1.807, 2.05) is 66.7 Å². The number of ether oxygens (including phenoxy) is 3. The molecular weight excluding hydrogens is 522 g/mol. The molecule has 40 heavy (non-hydrogen) atoms. The molecule has 5 rings (SSSR count). The van der Waals surface area contributed by atoms with E-state index >= 15 is 0 Å². The normalized spacial score (nSPS) is 13.3. The molecule has 0 amide bonds. The molecular formula is C33H37NO5S. The summed E-state index contributed by atoms with van der Waals surface area (Å²) in [5.74, 6) is 2.94. The van der Waals surface area contributed by atoms with E-state index < -0.39 is 9.84 Å². The number of benzene rings is 4. The van der Waals surface area contributed by atoms with Crippen LogP contribution in [-0.4, -0.2) is 40.5 Å². The maximum Gasteiger partial charge on any atom is 0.181 e. The average Bonchev–Trinajstić information content (AvgIpc) is 3.84. The molecule has 1 fully saturated rings. The number of hydrogen-bond acceptors (Lipinski definition) is 6. The Bertz CT molecular complexity index is 1530. The molecule has 1 saturated carbocycles. The van der Waals surface area contributed by atoms with E-state index in [1.165, 1.54) is 19.3 Å². The summed E-state index contributed by atoms with van der Waals surface area (Å²) < 4.78 is 43.2. The minimum Gasteiger partial charge on any atom is -0.497 e. The molecule has 0 heterocycles. The summed E-state index contributed by atoms with van der Waals surface area (Å²) in [6, 6.07) is 24.7. The molecule has 0 aliphatic heterocycles. The minimum atomic E-state index is -3.24. The van der Waals surface area contributed by atoms with Gasteiger partial charge in [0.1, 0.15) is 29.6 Å². The van der Waals surface area contributed by atoms with Crippen molar-refractivity contribution in [3.05, 3.63) is 78.9 Å². The maximum atomic E-state index is 12.7. The summed E-state index contributed by atoms with van der Waals surface area (Å²) in [4.78, 5) is 0.374. The summed E-state index contributed by atoms with van der Waals surface area (Å²) in [5.41, 5.74) is 1.76. The van der Waals surface area contributed by atoms with Gasteiger partial charge in [0.15, 0.2) is 9.84 Å². The Morgan fingerprint density at radius 2 is 1.55 bits per heavy atom. The van der Waals surface area contributed by atoms with E-state index in [9.17, 15) is 8.42 Å². The van der Waals surface area contributed by atoms with Gasteiger partial charge in [-0.2, -0.15) is 0 Å². The summed E-state index contributed by atoms with van der Waals surface area (Å²) >= 11 is 0. The van der Waals surface area contributed by atoms with Gasteiger partial charge in [-0.05, 0) is 97.4 Å². The topological polar surface area (TPSA) is 73.9 Å². The molecule has 1 N–H and O–H groups in total. The SMILES string of the molecule is CCCCCNCCOc1ccc(Oc2c(-c3ccc(S(=O)(=O)C4CC4)cc3)ccc3cc(OC)ccc23)cc1. The van der Waals surface area contributed by atoms with Gasteiger partial charge in [0.05, 0.1) is 17.3 Å². The van der Waals surface area contributed by atoms with Crippen molar-refractivity contribution in [1.29, 1.82) is 0 Å². The van der Waals surface area contributed by atoms with Crippen molar-refractivity contribution in [2.75, 3.05) is 26.8 Å². The predicted octanol–water partition coefficient (Wildman–Crippen LogP) is 7.40. The van der Waals surface area contributed by atoms with E-state index in [0.717, 1.165) is 59.3 Å². The van der Waals surface area contributed by atoms with Crippen molar-refractivity contribution in [2.45, 2.75) is 49.2 Å². The number of hydrogen-bond donors (Lipinski definition) is 1. The molecule has 0 unspecified atom stereocenters. The zero-order chi connectivity index (χ0) is 28.0. The van der Waals surface area contributed by atoms with Crippen LogP contribution in [0.2, 0.25) is 0 Å².